The van der Waals surface area contributed by atoms with Crippen LogP contribution in [0.1, 0.15) is 10.4 Å². The van der Waals surface area contributed by atoms with Gasteiger partial charge in [-0.25, -0.2) is 9.78 Å². The van der Waals surface area contributed by atoms with Crippen molar-refractivity contribution in [3.63, 3.8) is 0 Å². The second-order valence-corrected chi connectivity index (χ2v) is 2.47. The molecule has 0 amide bonds. The molecule has 1 aromatic heterocycles. The third-order valence-electron chi connectivity index (χ3n) is 1.18. The van der Waals surface area contributed by atoms with E-state index in [1.807, 2.05) is 0 Å². The minimum atomic E-state index is -0.752. The Balaban J connectivity index is 3.09. The van der Waals surface area contributed by atoms with Gasteiger partial charge in [-0.3, -0.25) is 0 Å². The number of anilines is 1. The molecule has 0 aliphatic carbocycles. The van der Waals surface area contributed by atoms with E-state index in [1.165, 1.54) is 12.1 Å². The van der Waals surface area contributed by atoms with Crippen molar-refractivity contribution >= 4 is 35.3 Å². The first-order valence-electron chi connectivity index (χ1n) is 2.90. The van der Waals surface area contributed by atoms with Crippen molar-refractivity contribution in [3.8, 4) is 0 Å². The van der Waals surface area contributed by atoms with Gasteiger partial charge < -0.3 is 10.0 Å². The summed E-state index contributed by atoms with van der Waals surface area (Å²) >= 11 is 10.3. The summed E-state index contributed by atoms with van der Waals surface area (Å²) in [5.41, 5.74) is 5.43. The van der Waals surface area contributed by atoms with Crippen LogP contribution in [0.25, 0.3) is 0 Å². The molecule has 0 spiro atoms. The van der Waals surface area contributed by atoms with Gasteiger partial charge in [-0.2, -0.15) is 0 Å². The van der Waals surface area contributed by atoms with Crippen molar-refractivity contribution in [3.05, 3.63) is 22.8 Å². The molecule has 1 rings (SSSR count). The van der Waals surface area contributed by atoms with Crippen LogP contribution in [0.3, 0.4) is 0 Å². The summed E-state index contributed by atoms with van der Waals surface area (Å²) < 4.78 is 3.93. The van der Waals surface area contributed by atoms with E-state index >= 15 is 0 Å². The SMILES string of the molecule is Nc1nc(Cl)ccc1C(=O)OCl. The van der Waals surface area contributed by atoms with E-state index in [2.05, 4.69) is 9.27 Å². The van der Waals surface area contributed by atoms with Gasteiger partial charge >= 0.3 is 5.97 Å². The van der Waals surface area contributed by atoms with Crippen molar-refractivity contribution in [2.45, 2.75) is 0 Å². The maximum atomic E-state index is 10.8. The van der Waals surface area contributed by atoms with Crippen molar-refractivity contribution < 1.29 is 9.08 Å². The second-order valence-electron chi connectivity index (χ2n) is 1.93. The molecule has 12 heavy (non-hydrogen) atoms. The molecule has 0 fully saturated rings. The van der Waals surface area contributed by atoms with E-state index in [0.29, 0.717) is 0 Å². The summed E-state index contributed by atoms with van der Waals surface area (Å²) in [6, 6.07) is 2.80. The predicted molar refractivity (Wildman–Crippen MR) is 44.9 cm³/mol. The van der Waals surface area contributed by atoms with Crippen LogP contribution in [0.4, 0.5) is 5.82 Å². The van der Waals surface area contributed by atoms with E-state index in [0.717, 1.165) is 0 Å². The van der Waals surface area contributed by atoms with Gasteiger partial charge in [0.2, 0.25) is 0 Å². The summed E-state index contributed by atoms with van der Waals surface area (Å²) in [6.45, 7) is 0. The van der Waals surface area contributed by atoms with E-state index in [4.69, 9.17) is 29.2 Å². The van der Waals surface area contributed by atoms with E-state index in [9.17, 15) is 4.79 Å². The number of carbonyl (C=O) groups excluding carboxylic acids is 1. The lowest BCUT2D eigenvalue weighted by molar-refractivity contribution is 0.0752. The molecule has 0 atom stereocenters. The number of nitrogens with two attached hydrogens (primary N) is 1. The van der Waals surface area contributed by atoms with Crippen LogP contribution in [0.15, 0.2) is 12.1 Å². The Labute approximate surface area is 78.4 Å². The summed E-state index contributed by atoms with van der Waals surface area (Å²) in [5.74, 6) is -0.758. The second kappa shape index (κ2) is 3.60. The van der Waals surface area contributed by atoms with Crippen molar-refractivity contribution in [1.29, 1.82) is 0 Å². The van der Waals surface area contributed by atoms with Gasteiger partial charge in [0.05, 0.1) is 0 Å². The van der Waals surface area contributed by atoms with Crippen molar-refractivity contribution in [2.75, 3.05) is 5.73 Å². The largest absolute Gasteiger partial charge is 0.383 e. The van der Waals surface area contributed by atoms with Crippen LogP contribution < -0.4 is 5.73 Å². The Hall–Kier alpha value is -1.00. The minimum absolute atomic E-state index is 0.00634. The number of halogens is 2. The van der Waals surface area contributed by atoms with Crippen LogP contribution in [0.5, 0.6) is 0 Å². The number of aromatic nitrogens is 1. The highest BCUT2D eigenvalue weighted by atomic mass is 35.5. The van der Waals surface area contributed by atoms with Crippen molar-refractivity contribution in [2.24, 2.45) is 0 Å². The van der Waals surface area contributed by atoms with Crippen LogP contribution >= 0.6 is 23.5 Å². The summed E-state index contributed by atoms with van der Waals surface area (Å²) in [7, 11) is 0. The van der Waals surface area contributed by atoms with Gasteiger partial charge in [0.15, 0.2) is 0 Å². The predicted octanol–water partition coefficient (Wildman–Crippen LogP) is 1.63. The lowest BCUT2D eigenvalue weighted by Gasteiger charge is -1.99. The maximum Gasteiger partial charge on any atom is 0.359 e. The number of nitrogen functional groups attached to an aromatic ring is 1. The Morgan fingerprint density at radius 2 is 2.25 bits per heavy atom. The molecule has 2 N–H and O–H groups in total. The van der Waals surface area contributed by atoms with Gasteiger partial charge in [0.1, 0.15) is 28.4 Å². The molecular weight excluding hydrogens is 203 g/mol. The molecule has 0 unspecified atom stereocenters. The highest BCUT2D eigenvalue weighted by Crippen LogP contribution is 2.14. The minimum Gasteiger partial charge on any atom is -0.383 e. The molecule has 4 nitrogen and oxygen atoms in total. The number of rotatable bonds is 1. The number of hydrogen-bond acceptors (Lipinski definition) is 4. The fourth-order valence-electron chi connectivity index (χ4n) is 0.664. The molecule has 1 aromatic rings. The van der Waals surface area contributed by atoms with E-state index < -0.39 is 5.97 Å². The average molecular weight is 207 g/mol. The Morgan fingerprint density at radius 3 is 2.75 bits per heavy atom. The van der Waals surface area contributed by atoms with E-state index in [1.54, 1.807) is 0 Å². The third kappa shape index (κ3) is 1.78. The monoisotopic (exact) mass is 206 g/mol. The zero-order chi connectivity index (χ0) is 9.14. The van der Waals surface area contributed by atoms with Crippen LogP contribution in [-0.4, -0.2) is 11.0 Å². The molecule has 6 heteroatoms. The Morgan fingerprint density at radius 1 is 1.58 bits per heavy atom. The van der Waals surface area contributed by atoms with Gasteiger partial charge in [0, 0.05) is 0 Å². The molecule has 0 aromatic carbocycles. The van der Waals surface area contributed by atoms with Gasteiger partial charge in [0.25, 0.3) is 0 Å². The normalized spacial score (nSPS) is 9.50. The Bertz CT molecular complexity index is 316. The summed E-state index contributed by atoms with van der Waals surface area (Å²) in [6.07, 6.45) is 0. The molecule has 0 saturated heterocycles. The molecule has 0 aliphatic rings. The molecule has 1 heterocycles. The Kier molecular flexibility index (Phi) is 2.73. The zero-order valence-electron chi connectivity index (χ0n) is 5.75. The summed E-state index contributed by atoms with van der Waals surface area (Å²) in [4.78, 5) is 14.5. The smallest absolute Gasteiger partial charge is 0.359 e. The molecule has 64 valence electrons. The maximum absolute atomic E-state index is 10.8. The van der Waals surface area contributed by atoms with E-state index in [-0.39, 0.29) is 16.5 Å². The molecule has 0 bridgehead atoms. The topological polar surface area (TPSA) is 65.2 Å². The lowest BCUT2D eigenvalue weighted by Crippen LogP contribution is -2.05. The molecule has 0 radical (unpaired) electrons. The number of nitrogens with zero attached hydrogens (tertiary/aromatic N) is 1. The standard InChI is InChI=1S/C6H4Cl2N2O2/c7-4-2-1-3(5(9)10-4)6(11)12-8/h1-2H,(H2,9,10). The van der Waals surface area contributed by atoms with Gasteiger partial charge in [-0.1, -0.05) is 11.6 Å². The highest BCUT2D eigenvalue weighted by molar-refractivity contribution is 6.29. The number of pyridine rings is 1. The zero-order valence-corrected chi connectivity index (χ0v) is 7.26. The quantitative estimate of drug-likeness (QED) is 0.710. The first kappa shape index (κ1) is 9.09. The van der Waals surface area contributed by atoms with Crippen LogP contribution in [-0.2, 0) is 4.29 Å². The number of carbonyl (C=O) groups is 1. The van der Waals surface area contributed by atoms with Gasteiger partial charge in [-0.05, 0) is 12.1 Å². The van der Waals surface area contributed by atoms with Crippen molar-refractivity contribution in [1.82, 2.24) is 4.98 Å². The first-order chi connectivity index (χ1) is 5.65. The molecule has 0 saturated carbocycles. The third-order valence-corrected chi connectivity index (χ3v) is 1.53. The fraction of sp³-hybridized carbons (Fsp3) is 0. The summed E-state index contributed by atoms with van der Waals surface area (Å²) in [5, 5.41) is 0.207. The first-order valence-corrected chi connectivity index (χ1v) is 3.58. The van der Waals surface area contributed by atoms with Crippen LogP contribution in [0, 0.1) is 0 Å². The average Bonchev–Trinajstić information content (AvgIpc) is 2.03. The molecule has 0 aliphatic heterocycles. The van der Waals surface area contributed by atoms with Gasteiger partial charge in [-0.15, -0.1) is 0 Å². The van der Waals surface area contributed by atoms with Crippen LogP contribution in [0.2, 0.25) is 5.15 Å². The number of hydrogen-bond donors (Lipinski definition) is 1. The highest BCUT2D eigenvalue weighted by Gasteiger charge is 2.11. The lowest BCUT2D eigenvalue weighted by atomic mass is 10.3. The molecular formula is C6H4Cl2N2O2. The fourth-order valence-corrected chi connectivity index (χ4v) is 0.901.